The number of methoxy groups -OCH3 is 1. The van der Waals surface area contributed by atoms with E-state index in [0.29, 0.717) is 52.7 Å². The number of carbonyl (C=O) groups excluding carboxylic acids is 2. The molecule has 9 heteroatoms. The second kappa shape index (κ2) is 15.9. The molecular weight excluding hydrogens is 606 g/mol. The van der Waals surface area contributed by atoms with E-state index in [1.807, 2.05) is 60.7 Å². The molecule has 0 aliphatic heterocycles. The van der Waals surface area contributed by atoms with Crippen LogP contribution in [0.25, 0.3) is 10.9 Å². The van der Waals surface area contributed by atoms with E-state index < -0.39 is 6.04 Å². The quantitative estimate of drug-likeness (QED) is 0.118. The summed E-state index contributed by atoms with van der Waals surface area (Å²) in [5, 5.41) is 7.01. The van der Waals surface area contributed by atoms with Gasteiger partial charge in [-0.15, -0.1) is 0 Å². The highest BCUT2D eigenvalue weighted by Crippen LogP contribution is 2.37. The zero-order chi connectivity index (χ0) is 33.1. The lowest BCUT2D eigenvalue weighted by Gasteiger charge is -2.21. The Labute approximate surface area is 280 Å². The van der Waals surface area contributed by atoms with Gasteiger partial charge in [-0.2, -0.15) is 0 Å². The van der Waals surface area contributed by atoms with Crippen molar-refractivity contribution in [3.05, 3.63) is 120 Å². The van der Waals surface area contributed by atoms with Crippen molar-refractivity contribution in [2.45, 2.75) is 50.8 Å². The molecule has 9 nitrogen and oxygen atoms in total. The van der Waals surface area contributed by atoms with Crippen molar-refractivity contribution in [3.63, 3.8) is 0 Å². The highest BCUT2D eigenvalue weighted by atomic mass is 16.5. The molecule has 0 bridgehead atoms. The first-order valence-electron chi connectivity index (χ1n) is 16.3. The summed E-state index contributed by atoms with van der Waals surface area (Å²) in [6.45, 7) is 0.805. The highest BCUT2D eigenvalue weighted by molar-refractivity contribution is 6.04. The number of esters is 1. The minimum absolute atomic E-state index is 0.0130. The standard InChI is InChI=1S/C39H39N3O6/c1-45-36-24-32-34(40-22-20-35(32)47-31-18-16-29(17-19-31)42-38(43)28-12-6-3-7-13-28)25-37(36)46-23-21-33(39(44)48-30-14-8-9-15-30)41-26-27-10-4-2-5-11-27/h2-7,10-13,16-20,22,24-25,30,33,41H,8-9,14-15,21,23,26H2,1H3,(H,42,43). The first-order chi connectivity index (χ1) is 23.6. The first-order valence-corrected chi connectivity index (χ1v) is 16.3. The number of benzene rings is 4. The van der Waals surface area contributed by atoms with E-state index in [9.17, 15) is 9.59 Å². The van der Waals surface area contributed by atoms with Crippen LogP contribution in [0.3, 0.4) is 0 Å². The molecule has 2 N–H and O–H groups in total. The number of hydrogen-bond donors (Lipinski definition) is 2. The van der Waals surface area contributed by atoms with Gasteiger partial charge in [0.05, 0.1) is 19.2 Å². The molecule has 5 aromatic rings. The molecule has 1 saturated carbocycles. The van der Waals surface area contributed by atoms with Crippen molar-refractivity contribution >= 4 is 28.5 Å². The maximum atomic E-state index is 13.2. The summed E-state index contributed by atoms with van der Waals surface area (Å²) in [5.41, 5.74) is 2.99. The van der Waals surface area contributed by atoms with Gasteiger partial charge >= 0.3 is 5.97 Å². The molecular formula is C39H39N3O6. The minimum atomic E-state index is -0.520. The number of aromatic nitrogens is 1. The van der Waals surface area contributed by atoms with Crippen LogP contribution in [0.1, 0.15) is 48.0 Å². The number of pyridine rings is 1. The van der Waals surface area contributed by atoms with Crippen LogP contribution in [0.5, 0.6) is 23.0 Å². The van der Waals surface area contributed by atoms with Crippen LogP contribution in [0.15, 0.2) is 109 Å². The number of amides is 1. The maximum absolute atomic E-state index is 13.2. The molecule has 0 radical (unpaired) electrons. The summed E-state index contributed by atoms with van der Waals surface area (Å²) in [6, 6.07) is 31.1. The fourth-order valence-corrected chi connectivity index (χ4v) is 5.70. The zero-order valence-electron chi connectivity index (χ0n) is 26.9. The molecule has 48 heavy (non-hydrogen) atoms. The predicted molar refractivity (Wildman–Crippen MR) is 185 cm³/mol. The smallest absolute Gasteiger partial charge is 0.323 e. The molecule has 246 valence electrons. The minimum Gasteiger partial charge on any atom is -0.493 e. The summed E-state index contributed by atoms with van der Waals surface area (Å²) in [7, 11) is 1.58. The third kappa shape index (κ3) is 8.49. The van der Waals surface area contributed by atoms with Crippen LogP contribution in [0.2, 0.25) is 0 Å². The maximum Gasteiger partial charge on any atom is 0.323 e. The number of hydrogen-bond acceptors (Lipinski definition) is 8. The van der Waals surface area contributed by atoms with Gasteiger partial charge in [0, 0.05) is 41.9 Å². The normalized spacial score (nSPS) is 13.5. The Morgan fingerprint density at radius 1 is 0.854 bits per heavy atom. The Kier molecular flexibility index (Phi) is 10.8. The number of carbonyl (C=O) groups is 2. The van der Waals surface area contributed by atoms with Crippen LogP contribution in [-0.2, 0) is 16.1 Å². The fraction of sp³-hybridized carbons (Fsp3) is 0.256. The van der Waals surface area contributed by atoms with Crippen LogP contribution in [0.4, 0.5) is 5.69 Å². The Bertz CT molecular complexity index is 1810. The summed E-state index contributed by atoms with van der Waals surface area (Å²) in [5.74, 6) is 1.78. The van der Waals surface area contributed by atoms with Gasteiger partial charge in [0.15, 0.2) is 11.5 Å². The van der Waals surface area contributed by atoms with E-state index in [1.54, 1.807) is 55.8 Å². The van der Waals surface area contributed by atoms with Gasteiger partial charge in [0.1, 0.15) is 23.6 Å². The van der Waals surface area contributed by atoms with Gasteiger partial charge < -0.3 is 29.6 Å². The monoisotopic (exact) mass is 645 g/mol. The molecule has 1 unspecified atom stereocenters. The van der Waals surface area contributed by atoms with Crippen molar-refractivity contribution in [1.29, 1.82) is 0 Å². The molecule has 1 aromatic heterocycles. The molecule has 0 saturated heterocycles. The zero-order valence-corrected chi connectivity index (χ0v) is 26.9. The van der Waals surface area contributed by atoms with Crippen LogP contribution < -0.4 is 24.8 Å². The fourth-order valence-electron chi connectivity index (χ4n) is 5.70. The molecule has 6 rings (SSSR count). The van der Waals surface area contributed by atoms with Crippen molar-refractivity contribution in [2.24, 2.45) is 0 Å². The lowest BCUT2D eigenvalue weighted by atomic mass is 10.1. The number of fused-ring (bicyclic) bond motifs is 1. The summed E-state index contributed by atoms with van der Waals surface area (Å²) >= 11 is 0. The van der Waals surface area contributed by atoms with Crippen molar-refractivity contribution in [1.82, 2.24) is 10.3 Å². The number of ether oxygens (including phenoxy) is 4. The lowest BCUT2D eigenvalue weighted by Crippen LogP contribution is -2.40. The molecule has 1 atom stereocenters. The molecule has 0 spiro atoms. The Morgan fingerprint density at radius 2 is 1.58 bits per heavy atom. The van der Waals surface area contributed by atoms with Crippen LogP contribution >= 0.6 is 0 Å². The third-order valence-electron chi connectivity index (χ3n) is 8.29. The number of anilines is 1. The highest BCUT2D eigenvalue weighted by Gasteiger charge is 2.26. The van der Waals surface area contributed by atoms with E-state index in [4.69, 9.17) is 18.9 Å². The largest absolute Gasteiger partial charge is 0.493 e. The summed E-state index contributed by atoms with van der Waals surface area (Å²) in [4.78, 5) is 30.2. The van der Waals surface area contributed by atoms with Gasteiger partial charge in [-0.05, 0) is 79.8 Å². The van der Waals surface area contributed by atoms with E-state index in [1.165, 1.54) is 0 Å². The Morgan fingerprint density at radius 3 is 2.31 bits per heavy atom. The van der Waals surface area contributed by atoms with E-state index in [-0.39, 0.29) is 24.6 Å². The number of nitrogens with one attached hydrogen (secondary N) is 2. The Hall–Kier alpha value is -5.41. The van der Waals surface area contributed by atoms with E-state index >= 15 is 0 Å². The first kappa shape index (κ1) is 32.5. The van der Waals surface area contributed by atoms with Crippen molar-refractivity contribution < 1.29 is 28.5 Å². The van der Waals surface area contributed by atoms with Gasteiger partial charge in [-0.1, -0.05) is 48.5 Å². The second-order valence-electron chi connectivity index (χ2n) is 11.7. The summed E-state index contributed by atoms with van der Waals surface area (Å²) in [6.07, 6.45) is 6.08. The number of rotatable bonds is 14. The number of nitrogens with zero attached hydrogens (tertiary/aromatic N) is 1. The average Bonchev–Trinajstić information content (AvgIpc) is 3.64. The molecule has 1 heterocycles. The van der Waals surface area contributed by atoms with Gasteiger partial charge in [0.25, 0.3) is 5.91 Å². The molecule has 1 aliphatic rings. The lowest BCUT2D eigenvalue weighted by molar-refractivity contribution is -0.151. The SMILES string of the molecule is COc1cc2c(Oc3ccc(NC(=O)c4ccccc4)cc3)ccnc2cc1OCCC(NCc1ccccc1)C(=O)OC1CCCC1. The molecule has 1 fully saturated rings. The van der Waals surface area contributed by atoms with Gasteiger partial charge in [-0.3, -0.25) is 14.6 Å². The molecule has 1 amide bonds. The third-order valence-corrected chi connectivity index (χ3v) is 8.29. The second-order valence-corrected chi connectivity index (χ2v) is 11.7. The summed E-state index contributed by atoms with van der Waals surface area (Å²) < 4.78 is 23.9. The van der Waals surface area contributed by atoms with Crippen LogP contribution in [0, 0.1) is 0 Å². The van der Waals surface area contributed by atoms with Crippen LogP contribution in [-0.4, -0.2) is 42.7 Å². The van der Waals surface area contributed by atoms with E-state index in [2.05, 4.69) is 15.6 Å². The van der Waals surface area contributed by atoms with E-state index in [0.717, 1.165) is 36.6 Å². The van der Waals surface area contributed by atoms with Gasteiger partial charge in [0.2, 0.25) is 0 Å². The molecule has 1 aliphatic carbocycles. The topological polar surface area (TPSA) is 108 Å². The molecule has 4 aromatic carbocycles. The van der Waals surface area contributed by atoms with Crippen molar-refractivity contribution in [3.8, 4) is 23.0 Å². The Balaban J connectivity index is 1.11. The predicted octanol–water partition coefficient (Wildman–Crippen LogP) is 7.70. The average molecular weight is 646 g/mol. The van der Waals surface area contributed by atoms with Crippen molar-refractivity contribution in [2.75, 3.05) is 19.0 Å². The van der Waals surface area contributed by atoms with Gasteiger partial charge in [-0.25, -0.2) is 0 Å².